The second kappa shape index (κ2) is 11.8. The van der Waals surface area contributed by atoms with Crippen LogP contribution in [0, 0.1) is 0 Å². The quantitative estimate of drug-likeness (QED) is 0.480. The van der Waals surface area contributed by atoms with Gasteiger partial charge < -0.3 is 19.9 Å². The summed E-state index contributed by atoms with van der Waals surface area (Å²) in [5, 5.41) is 4.97. The lowest BCUT2D eigenvalue weighted by Gasteiger charge is -2.29. The average molecular weight is 478 g/mol. The summed E-state index contributed by atoms with van der Waals surface area (Å²) in [5.41, 5.74) is 3.46. The van der Waals surface area contributed by atoms with Crippen LogP contribution in [0.2, 0.25) is 0 Å². The van der Waals surface area contributed by atoms with Gasteiger partial charge in [0.25, 0.3) is 5.91 Å². The lowest BCUT2D eigenvalue weighted by molar-refractivity contribution is -0.116. The molecule has 1 aliphatic heterocycles. The Labute approximate surface area is 205 Å². The number of anilines is 2. The first kappa shape index (κ1) is 24.0. The van der Waals surface area contributed by atoms with Crippen LogP contribution in [0.3, 0.4) is 0 Å². The minimum Gasteiger partial charge on any atom is -0.378 e. The molecule has 3 aromatic rings. The lowest BCUT2D eigenvalue weighted by Crippen LogP contribution is -2.36. The number of carbonyl (C=O) groups is 2. The van der Waals surface area contributed by atoms with E-state index in [1.165, 1.54) is 10.6 Å². The number of amides is 2. The molecule has 178 valence electrons. The Morgan fingerprint density at radius 2 is 1.85 bits per heavy atom. The molecular formula is C27H31N3O3S. The van der Waals surface area contributed by atoms with Gasteiger partial charge in [-0.1, -0.05) is 24.3 Å². The fourth-order valence-corrected chi connectivity index (χ4v) is 4.78. The molecule has 0 spiro atoms. The highest BCUT2D eigenvalue weighted by atomic mass is 32.1. The number of nitrogens with zero attached hydrogens (tertiary/aromatic N) is 2. The molecular weight excluding hydrogens is 446 g/mol. The highest BCUT2D eigenvalue weighted by Crippen LogP contribution is 2.19. The Morgan fingerprint density at radius 3 is 2.59 bits per heavy atom. The van der Waals surface area contributed by atoms with Crippen molar-refractivity contribution < 1.29 is 14.3 Å². The second-order valence-electron chi connectivity index (χ2n) is 8.49. The number of carbonyl (C=O) groups excluding carboxylic acids is 2. The molecule has 2 heterocycles. The normalized spacial score (nSPS) is 13.5. The summed E-state index contributed by atoms with van der Waals surface area (Å²) in [6.07, 6.45) is 2.16. The molecule has 7 heteroatoms. The predicted molar refractivity (Wildman–Crippen MR) is 138 cm³/mol. The van der Waals surface area contributed by atoms with Crippen molar-refractivity contribution in [2.24, 2.45) is 0 Å². The third-order valence-electron chi connectivity index (χ3n) is 5.88. The van der Waals surface area contributed by atoms with Gasteiger partial charge in [-0.3, -0.25) is 9.59 Å². The first-order valence-corrected chi connectivity index (χ1v) is 12.6. The summed E-state index contributed by atoms with van der Waals surface area (Å²) >= 11 is 1.71. The van der Waals surface area contributed by atoms with Crippen LogP contribution in [0.4, 0.5) is 11.4 Å². The van der Waals surface area contributed by atoms with Crippen molar-refractivity contribution in [1.29, 1.82) is 0 Å². The Hall–Kier alpha value is -3.16. The van der Waals surface area contributed by atoms with Gasteiger partial charge in [-0.15, -0.1) is 11.3 Å². The number of ether oxygens (including phenoxy) is 1. The molecule has 0 atom stereocenters. The number of hydrogen-bond acceptors (Lipinski definition) is 5. The molecule has 0 saturated carbocycles. The van der Waals surface area contributed by atoms with Crippen molar-refractivity contribution in [3.05, 3.63) is 82.0 Å². The van der Waals surface area contributed by atoms with Crippen LogP contribution in [-0.2, 0) is 22.5 Å². The maximum atomic E-state index is 13.0. The van der Waals surface area contributed by atoms with Gasteiger partial charge in [0.1, 0.15) is 0 Å². The third kappa shape index (κ3) is 6.68. The fraction of sp³-hybridized carbons (Fsp3) is 0.333. The minimum atomic E-state index is -0.0777. The Kier molecular flexibility index (Phi) is 8.33. The van der Waals surface area contributed by atoms with E-state index < -0.39 is 0 Å². The van der Waals surface area contributed by atoms with Crippen molar-refractivity contribution in [1.82, 2.24) is 4.90 Å². The smallest absolute Gasteiger partial charge is 0.253 e. The van der Waals surface area contributed by atoms with Crippen LogP contribution >= 0.6 is 11.3 Å². The monoisotopic (exact) mass is 477 g/mol. The van der Waals surface area contributed by atoms with E-state index in [1.807, 2.05) is 12.1 Å². The van der Waals surface area contributed by atoms with Crippen LogP contribution in [0.25, 0.3) is 0 Å². The average Bonchev–Trinajstić information content (AvgIpc) is 3.38. The molecule has 0 unspecified atom stereocenters. The van der Waals surface area contributed by atoms with E-state index in [4.69, 9.17) is 4.74 Å². The Bertz CT molecular complexity index is 1080. The van der Waals surface area contributed by atoms with Crippen molar-refractivity contribution >= 4 is 34.5 Å². The predicted octanol–water partition coefficient (Wildman–Crippen LogP) is 4.82. The standard InChI is InChI=1S/C27H31N3O3S/c1-29(20-21-10-12-24(13-11-21)30-14-16-33-17-15-30)27(32)22-5-2-6-23(19-22)28-26(31)9-3-7-25-8-4-18-34-25/h2,4-6,8,10-13,18-19H,3,7,9,14-17,20H2,1H3,(H,28,31). The van der Waals surface area contributed by atoms with Gasteiger partial charge in [0.15, 0.2) is 0 Å². The second-order valence-corrected chi connectivity index (χ2v) is 9.52. The molecule has 6 nitrogen and oxygen atoms in total. The van der Waals surface area contributed by atoms with Gasteiger partial charge in [0.2, 0.25) is 5.91 Å². The first-order chi connectivity index (χ1) is 16.6. The largest absolute Gasteiger partial charge is 0.378 e. The minimum absolute atomic E-state index is 0.0325. The molecule has 1 saturated heterocycles. The van der Waals surface area contributed by atoms with Crippen LogP contribution in [0.15, 0.2) is 66.0 Å². The number of aryl methyl sites for hydroxylation is 1. The summed E-state index contributed by atoms with van der Waals surface area (Å²) in [6, 6.07) is 19.6. The van der Waals surface area contributed by atoms with Crippen LogP contribution in [-0.4, -0.2) is 50.1 Å². The molecule has 0 radical (unpaired) electrons. The Balaban J connectivity index is 1.29. The zero-order valence-corrected chi connectivity index (χ0v) is 20.4. The topological polar surface area (TPSA) is 61.9 Å². The number of hydrogen-bond donors (Lipinski definition) is 1. The summed E-state index contributed by atoms with van der Waals surface area (Å²) in [4.78, 5) is 30.6. The van der Waals surface area contributed by atoms with E-state index in [0.29, 0.717) is 24.2 Å². The molecule has 1 aromatic heterocycles. The molecule has 4 rings (SSSR count). The fourth-order valence-electron chi connectivity index (χ4n) is 4.03. The molecule has 0 bridgehead atoms. The summed E-state index contributed by atoms with van der Waals surface area (Å²) < 4.78 is 5.42. The van der Waals surface area contributed by atoms with Gasteiger partial charge in [-0.05, 0) is 60.2 Å². The summed E-state index contributed by atoms with van der Waals surface area (Å²) in [6.45, 7) is 3.83. The van der Waals surface area contributed by atoms with Crippen molar-refractivity contribution in [3.8, 4) is 0 Å². The first-order valence-electron chi connectivity index (χ1n) is 11.7. The van der Waals surface area contributed by atoms with E-state index in [9.17, 15) is 9.59 Å². The van der Waals surface area contributed by atoms with Crippen LogP contribution in [0.1, 0.15) is 33.6 Å². The summed E-state index contributed by atoms with van der Waals surface area (Å²) in [5.74, 6) is -0.110. The number of morpholine rings is 1. The van der Waals surface area contributed by atoms with Gasteiger partial charge in [0.05, 0.1) is 13.2 Å². The molecule has 1 N–H and O–H groups in total. The van der Waals surface area contributed by atoms with E-state index in [1.54, 1.807) is 41.5 Å². The maximum Gasteiger partial charge on any atom is 0.253 e. The highest BCUT2D eigenvalue weighted by Gasteiger charge is 2.15. The number of rotatable bonds is 9. The molecule has 1 aliphatic rings. The zero-order valence-electron chi connectivity index (χ0n) is 19.5. The molecule has 1 fully saturated rings. The van der Waals surface area contributed by atoms with Crippen LogP contribution in [0.5, 0.6) is 0 Å². The number of benzene rings is 2. The van der Waals surface area contributed by atoms with Gasteiger partial charge in [-0.25, -0.2) is 0 Å². The zero-order chi connectivity index (χ0) is 23.8. The molecule has 34 heavy (non-hydrogen) atoms. The van der Waals surface area contributed by atoms with Crippen LogP contribution < -0.4 is 10.2 Å². The maximum absolute atomic E-state index is 13.0. The van der Waals surface area contributed by atoms with Gasteiger partial charge in [0, 0.05) is 54.9 Å². The number of nitrogens with one attached hydrogen (secondary N) is 1. The van der Waals surface area contributed by atoms with E-state index >= 15 is 0 Å². The lowest BCUT2D eigenvalue weighted by atomic mass is 10.1. The number of thiophene rings is 1. The third-order valence-corrected chi connectivity index (χ3v) is 6.82. The summed E-state index contributed by atoms with van der Waals surface area (Å²) in [7, 11) is 1.80. The molecule has 0 aliphatic carbocycles. The van der Waals surface area contributed by atoms with E-state index in [-0.39, 0.29) is 11.8 Å². The highest BCUT2D eigenvalue weighted by molar-refractivity contribution is 7.09. The van der Waals surface area contributed by atoms with Gasteiger partial charge >= 0.3 is 0 Å². The van der Waals surface area contributed by atoms with Crippen molar-refractivity contribution in [3.63, 3.8) is 0 Å². The van der Waals surface area contributed by atoms with E-state index in [2.05, 4.69) is 45.9 Å². The molecule has 2 aromatic carbocycles. The Morgan fingerprint density at radius 1 is 1.06 bits per heavy atom. The van der Waals surface area contributed by atoms with Crippen molar-refractivity contribution in [2.75, 3.05) is 43.6 Å². The van der Waals surface area contributed by atoms with E-state index in [0.717, 1.165) is 44.7 Å². The molecule has 2 amide bonds. The van der Waals surface area contributed by atoms with Crippen molar-refractivity contribution in [2.45, 2.75) is 25.8 Å². The van der Waals surface area contributed by atoms with Gasteiger partial charge in [-0.2, -0.15) is 0 Å². The SMILES string of the molecule is CN(Cc1ccc(N2CCOCC2)cc1)C(=O)c1cccc(NC(=O)CCCc2cccs2)c1.